The molecule has 0 radical (unpaired) electrons. The molecule has 1 N–H and O–H groups in total. The normalized spacial score (nSPS) is 11.9. The maximum absolute atomic E-state index is 11.9. The van der Waals surface area contributed by atoms with E-state index < -0.39 is 6.10 Å². The van der Waals surface area contributed by atoms with E-state index in [0.29, 0.717) is 11.6 Å². The molecule has 1 aromatic heterocycles. The maximum Gasteiger partial charge on any atom is 0.266 e. The molecule has 1 aromatic carbocycles. The third-order valence-electron chi connectivity index (χ3n) is 2.67. The number of hydrogen-bond donors (Lipinski definition) is 1. The highest BCUT2D eigenvalue weighted by Gasteiger charge is 2.15. The smallest absolute Gasteiger partial charge is 0.266 e. The van der Waals surface area contributed by atoms with Crippen LogP contribution in [0.5, 0.6) is 5.75 Å². The molecular weight excluding hydrogens is 242 g/mol. The SMILES string of the molecule is Cc1ccc(O[C@H](C)C(=O)Nc2ccn(C)n2)cc1. The highest BCUT2D eigenvalue weighted by Crippen LogP contribution is 2.14. The van der Waals surface area contributed by atoms with E-state index in [1.165, 1.54) is 0 Å². The fourth-order valence-electron chi connectivity index (χ4n) is 1.58. The summed E-state index contributed by atoms with van der Waals surface area (Å²) in [5.74, 6) is 0.973. The number of carbonyl (C=O) groups is 1. The van der Waals surface area contributed by atoms with Gasteiger partial charge in [0, 0.05) is 19.3 Å². The Bertz CT molecular complexity index is 560. The van der Waals surface area contributed by atoms with Crippen molar-refractivity contribution in [2.24, 2.45) is 7.05 Å². The maximum atomic E-state index is 11.9. The first-order valence-electron chi connectivity index (χ1n) is 6.08. The predicted molar refractivity (Wildman–Crippen MR) is 73.1 cm³/mol. The molecule has 0 spiro atoms. The van der Waals surface area contributed by atoms with Crippen LogP contribution in [0.4, 0.5) is 5.82 Å². The van der Waals surface area contributed by atoms with Crippen molar-refractivity contribution in [3.63, 3.8) is 0 Å². The molecule has 0 aliphatic heterocycles. The molecule has 1 heterocycles. The average molecular weight is 259 g/mol. The number of ether oxygens (including phenoxy) is 1. The molecule has 5 nitrogen and oxygen atoms in total. The zero-order valence-electron chi connectivity index (χ0n) is 11.3. The van der Waals surface area contributed by atoms with Gasteiger partial charge in [-0.3, -0.25) is 9.48 Å². The van der Waals surface area contributed by atoms with Gasteiger partial charge in [0.25, 0.3) is 5.91 Å². The van der Waals surface area contributed by atoms with Crippen LogP contribution in [0, 0.1) is 6.92 Å². The number of aromatic nitrogens is 2. The van der Waals surface area contributed by atoms with Gasteiger partial charge in [-0.05, 0) is 26.0 Å². The van der Waals surface area contributed by atoms with E-state index in [0.717, 1.165) is 5.56 Å². The number of nitrogens with one attached hydrogen (secondary N) is 1. The number of benzene rings is 1. The van der Waals surface area contributed by atoms with Gasteiger partial charge in [-0.15, -0.1) is 0 Å². The molecule has 0 aliphatic carbocycles. The van der Waals surface area contributed by atoms with Crippen molar-refractivity contribution in [3.8, 4) is 5.75 Å². The van der Waals surface area contributed by atoms with Crippen molar-refractivity contribution in [2.75, 3.05) is 5.32 Å². The molecule has 2 rings (SSSR count). The van der Waals surface area contributed by atoms with Gasteiger partial charge in [0.2, 0.25) is 0 Å². The molecular formula is C14H17N3O2. The minimum atomic E-state index is -0.579. The molecule has 0 saturated carbocycles. The van der Waals surface area contributed by atoms with Crippen molar-refractivity contribution in [3.05, 3.63) is 42.1 Å². The van der Waals surface area contributed by atoms with Gasteiger partial charge in [0.1, 0.15) is 5.75 Å². The Morgan fingerprint density at radius 1 is 1.32 bits per heavy atom. The molecule has 1 atom stereocenters. The van der Waals surface area contributed by atoms with E-state index in [2.05, 4.69) is 10.4 Å². The van der Waals surface area contributed by atoms with E-state index in [4.69, 9.17) is 4.74 Å². The molecule has 0 bridgehead atoms. The van der Waals surface area contributed by atoms with Gasteiger partial charge in [0.15, 0.2) is 11.9 Å². The molecule has 0 aliphatic rings. The highest BCUT2D eigenvalue weighted by atomic mass is 16.5. The van der Waals surface area contributed by atoms with Gasteiger partial charge in [-0.25, -0.2) is 0 Å². The fraction of sp³-hybridized carbons (Fsp3) is 0.286. The second kappa shape index (κ2) is 5.56. The molecule has 19 heavy (non-hydrogen) atoms. The van der Waals surface area contributed by atoms with Crippen LogP contribution in [0.2, 0.25) is 0 Å². The van der Waals surface area contributed by atoms with Crippen molar-refractivity contribution in [1.82, 2.24) is 9.78 Å². The van der Waals surface area contributed by atoms with Crippen molar-refractivity contribution >= 4 is 11.7 Å². The molecule has 1 amide bonds. The van der Waals surface area contributed by atoms with Crippen LogP contribution in [0.3, 0.4) is 0 Å². The number of anilines is 1. The third-order valence-corrected chi connectivity index (χ3v) is 2.67. The van der Waals surface area contributed by atoms with Gasteiger partial charge < -0.3 is 10.1 Å². The number of aryl methyl sites for hydroxylation is 2. The van der Waals surface area contributed by atoms with Crippen LogP contribution in [0.1, 0.15) is 12.5 Å². The van der Waals surface area contributed by atoms with Gasteiger partial charge in [0.05, 0.1) is 0 Å². The van der Waals surface area contributed by atoms with Crippen LogP contribution >= 0.6 is 0 Å². The largest absolute Gasteiger partial charge is 0.481 e. The lowest BCUT2D eigenvalue weighted by Crippen LogP contribution is -2.30. The summed E-state index contributed by atoms with van der Waals surface area (Å²) in [5.41, 5.74) is 1.15. The summed E-state index contributed by atoms with van der Waals surface area (Å²) >= 11 is 0. The lowest BCUT2D eigenvalue weighted by molar-refractivity contribution is -0.122. The summed E-state index contributed by atoms with van der Waals surface area (Å²) in [6.07, 6.45) is 1.19. The van der Waals surface area contributed by atoms with Crippen LogP contribution < -0.4 is 10.1 Å². The third kappa shape index (κ3) is 3.58. The Kier molecular flexibility index (Phi) is 3.85. The number of nitrogens with zero attached hydrogens (tertiary/aromatic N) is 2. The van der Waals surface area contributed by atoms with Crippen molar-refractivity contribution < 1.29 is 9.53 Å². The van der Waals surface area contributed by atoms with Crippen LogP contribution in [-0.2, 0) is 11.8 Å². The summed E-state index contributed by atoms with van der Waals surface area (Å²) < 4.78 is 7.19. The second-order valence-corrected chi connectivity index (χ2v) is 4.44. The number of amides is 1. The lowest BCUT2D eigenvalue weighted by Gasteiger charge is -2.13. The standard InChI is InChI=1S/C14H17N3O2/c1-10-4-6-12(7-5-10)19-11(2)14(18)15-13-8-9-17(3)16-13/h4-9,11H,1-3H3,(H,15,16,18)/t11-/m1/s1. The van der Waals surface area contributed by atoms with E-state index >= 15 is 0 Å². The molecule has 2 aromatic rings. The molecule has 0 fully saturated rings. The van der Waals surface area contributed by atoms with Gasteiger partial charge in [-0.2, -0.15) is 5.10 Å². The van der Waals surface area contributed by atoms with Gasteiger partial charge in [-0.1, -0.05) is 17.7 Å². The topological polar surface area (TPSA) is 56.1 Å². The Hall–Kier alpha value is -2.30. The lowest BCUT2D eigenvalue weighted by atomic mass is 10.2. The van der Waals surface area contributed by atoms with Gasteiger partial charge >= 0.3 is 0 Å². The quantitative estimate of drug-likeness (QED) is 0.915. The minimum Gasteiger partial charge on any atom is -0.481 e. The fourth-order valence-corrected chi connectivity index (χ4v) is 1.58. The summed E-state index contributed by atoms with van der Waals surface area (Å²) in [7, 11) is 1.79. The van der Waals surface area contributed by atoms with Crippen LogP contribution in [-0.4, -0.2) is 21.8 Å². The summed E-state index contributed by atoms with van der Waals surface area (Å²) in [5, 5.41) is 6.78. The Morgan fingerprint density at radius 2 is 2.00 bits per heavy atom. The first-order chi connectivity index (χ1) is 9.04. The van der Waals surface area contributed by atoms with E-state index in [9.17, 15) is 4.79 Å². The van der Waals surface area contributed by atoms with Crippen LogP contribution in [0.25, 0.3) is 0 Å². The van der Waals surface area contributed by atoms with E-state index in [-0.39, 0.29) is 5.91 Å². The second-order valence-electron chi connectivity index (χ2n) is 4.44. The first kappa shape index (κ1) is 13.1. The summed E-state index contributed by atoms with van der Waals surface area (Å²) in [6.45, 7) is 3.71. The monoisotopic (exact) mass is 259 g/mol. The predicted octanol–water partition coefficient (Wildman–Crippen LogP) is 2.13. The molecule has 100 valence electrons. The minimum absolute atomic E-state index is 0.223. The average Bonchev–Trinajstić information content (AvgIpc) is 2.77. The van der Waals surface area contributed by atoms with Crippen LogP contribution in [0.15, 0.2) is 36.5 Å². The Balaban J connectivity index is 1.94. The van der Waals surface area contributed by atoms with Crippen molar-refractivity contribution in [1.29, 1.82) is 0 Å². The number of rotatable bonds is 4. The number of carbonyl (C=O) groups excluding carboxylic acids is 1. The summed E-state index contributed by atoms with van der Waals surface area (Å²) in [6, 6.07) is 9.31. The zero-order chi connectivity index (χ0) is 13.8. The molecule has 0 saturated heterocycles. The first-order valence-corrected chi connectivity index (χ1v) is 6.08. The molecule has 5 heteroatoms. The highest BCUT2D eigenvalue weighted by molar-refractivity contribution is 5.93. The Labute approximate surface area is 112 Å². The Morgan fingerprint density at radius 3 is 2.58 bits per heavy atom. The summed E-state index contributed by atoms with van der Waals surface area (Å²) in [4.78, 5) is 11.9. The van der Waals surface area contributed by atoms with E-state index in [1.54, 1.807) is 30.9 Å². The van der Waals surface area contributed by atoms with Crippen molar-refractivity contribution in [2.45, 2.75) is 20.0 Å². The van der Waals surface area contributed by atoms with E-state index in [1.807, 2.05) is 31.2 Å². The molecule has 0 unspecified atom stereocenters. The number of hydrogen-bond acceptors (Lipinski definition) is 3. The zero-order valence-corrected chi connectivity index (χ0v) is 11.3.